The molecule has 3 aromatic rings. The number of hydrogen-bond acceptors (Lipinski definition) is 6. The summed E-state index contributed by atoms with van der Waals surface area (Å²) in [7, 11) is 0. The molecule has 1 N–H and O–H groups in total. The number of halogens is 1. The van der Waals surface area contributed by atoms with E-state index in [1.54, 1.807) is 0 Å². The summed E-state index contributed by atoms with van der Waals surface area (Å²) in [5.41, 5.74) is 5.21. The van der Waals surface area contributed by atoms with Crippen LogP contribution < -0.4 is 15.1 Å². The summed E-state index contributed by atoms with van der Waals surface area (Å²) in [6, 6.07) is 20.3. The Hall–Kier alpha value is -3.76. The number of aromatic nitrogens is 1. The van der Waals surface area contributed by atoms with E-state index in [2.05, 4.69) is 33.3 Å². The second-order valence-corrected chi connectivity index (χ2v) is 10.5. The number of anilines is 3. The summed E-state index contributed by atoms with van der Waals surface area (Å²) in [5.74, 6) is 0.760. The lowest BCUT2D eigenvalue weighted by Crippen LogP contribution is -2.49. The van der Waals surface area contributed by atoms with Crippen LogP contribution in [-0.2, 0) is 0 Å². The molecular weight excluding hydrogens is 496 g/mol. The second kappa shape index (κ2) is 11.3. The van der Waals surface area contributed by atoms with Crippen LogP contribution in [0.1, 0.15) is 40.0 Å². The number of carbonyl (C=O) groups is 1. The van der Waals surface area contributed by atoms with Gasteiger partial charge in [-0.2, -0.15) is 5.26 Å². The maximum atomic E-state index is 13.5. The van der Waals surface area contributed by atoms with E-state index >= 15 is 0 Å². The largest absolute Gasteiger partial charge is 0.371 e. The van der Waals surface area contributed by atoms with Crippen molar-refractivity contribution in [3.8, 4) is 6.07 Å². The Bertz CT molecular complexity index is 1350. The van der Waals surface area contributed by atoms with Gasteiger partial charge < -0.3 is 20.0 Å². The number of piperidine rings is 1. The van der Waals surface area contributed by atoms with Crippen molar-refractivity contribution in [2.75, 3.05) is 54.4 Å². The zero-order valence-corrected chi connectivity index (χ0v) is 22.7. The Morgan fingerprint density at radius 1 is 0.947 bits per heavy atom. The van der Waals surface area contributed by atoms with Crippen molar-refractivity contribution in [2.45, 2.75) is 32.7 Å². The normalized spacial score (nSPS) is 16.3. The number of benzene rings is 2. The van der Waals surface area contributed by atoms with Crippen LogP contribution in [0.4, 0.5) is 17.2 Å². The van der Waals surface area contributed by atoms with Crippen LogP contribution in [-0.4, -0.2) is 61.1 Å². The number of hydrogen-bond donors (Lipinski definition) is 1. The molecule has 5 rings (SSSR count). The number of rotatable bonds is 5. The number of para-hydroxylation sites is 1. The molecule has 2 aliphatic heterocycles. The Kier molecular flexibility index (Phi) is 7.71. The number of pyridine rings is 1. The molecule has 8 heteroatoms. The SMILES string of the molecule is Cc1cc(C)c(C(=O)N2CCN(c3ccccc3C#N)CC2)nc1NC1CCN(c2cccc(Cl)c2)CC1. The number of aryl methyl sites for hydroxylation is 2. The van der Waals surface area contributed by atoms with E-state index < -0.39 is 0 Å². The minimum atomic E-state index is -0.0328. The molecule has 1 aromatic heterocycles. The van der Waals surface area contributed by atoms with Crippen molar-refractivity contribution in [3.05, 3.63) is 82.0 Å². The minimum Gasteiger partial charge on any atom is -0.371 e. The Morgan fingerprint density at radius 3 is 2.39 bits per heavy atom. The van der Waals surface area contributed by atoms with Crippen molar-refractivity contribution in [3.63, 3.8) is 0 Å². The molecule has 3 heterocycles. The quantitative estimate of drug-likeness (QED) is 0.486. The average molecular weight is 529 g/mol. The third-order valence-electron chi connectivity index (χ3n) is 7.55. The number of nitriles is 1. The average Bonchev–Trinajstić information content (AvgIpc) is 2.94. The zero-order chi connectivity index (χ0) is 26.6. The van der Waals surface area contributed by atoms with Crippen LogP contribution >= 0.6 is 11.6 Å². The molecule has 0 spiro atoms. The van der Waals surface area contributed by atoms with Gasteiger partial charge in [-0.1, -0.05) is 35.9 Å². The highest BCUT2D eigenvalue weighted by molar-refractivity contribution is 6.30. The first-order chi connectivity index (χ1) is 18.4. The predicted octanol–water partition coefficient (Wildman–Crippen LogP) is 5.27. The fourth-order valence-electron chi connectivity index (χ4n) is 5.40. The molecule has 0 unspecified atom stereocenters. The summed E-state index contributed by atoms with van der Waals surface area (Å²) in [5, 5.41) is 13.8. The fourth-order valence-corrected chi connectivity index (χ4v) is 5.59. The molecule has 0 saturated carbocycles. The first-order valence-electron chi connectivity index (χ1n) is 13.2. The molecule has 2 aromatic carbocycles. The number of carbonyl (C=O) groups excluding carboxylic acids is 1. The van der Waals surface area contributed by atoms with E-state index in [1.807, 2.05) is 61.2 Å². The molecule has 2 saturated heterocycles. The highest BCUT2D eigenvalue weighted by Crippen LogP contribution is 2.26. The molecule has 196 valence electrons. The van der Waals surface area contributed by atoms with Gasteiger partial charge in [0.2, 0.25) is 0 Å². The summed E-state index contributed by atoms with van der Waals surface area (Å²) in [4.78, 5) is 24.8. The smallest absolute Gasteiger partial charge is 0.272 e. The number of nitrogens with zero attached hydrogens (tertiary/aromatic N) is 5. The molecule has 0 radical (unpaired) electrons. The summed E-state index contributed by atoms with van der Waals surface area (Å²) >= 11 is 6.18. The summed E-state index contributed by atoms with van der Waals surface area (Å²) in [6.45, 7) is 8.44. The molecule has 7 nitrogen and oxygen atoms in total. The molecule has 2 aliphatic rings. The van der Waals surface area contributed by atoms with Crippen LogP contribution in [0.25, 0.3) is 0 Å². The van der Waals surface area contributed by atoms with Gasteiger partial charge in [-0.05, 0) is 68.1 Å². The van der Waals surface area contributed by atoms with E-state index in [0.29, 0.717) is 43.5 Å². The topological polar surface area (TPSA) is 75.5 Å². The third kappa shape index (κ3) is 5.56. The maximum Gasteiger partial charge on any atom is 0.272 e. The van der Waals surface area contributed by atoms with E-state index in [9.17, 15) is 10.1 Å². The zero-order valence-electron chi connectivity index (χ0n) is 22.0. The number of nitrogens with one attached hydrogen (secondary N) is 1. The third-order valence-corrected chi connectivity index (χ3v) is 7.78. The van der Waals surface area contributed by atoms with E-state index in [4.69, 9.17) is 16.6 Å². The highest BCUT2D eigenvalue weighted by atomic mass is 35.5. The van der Waals surface area contributed by atoms with Crippen molar-refractivity contribution < 1.29 is 4.79 Å². The van der Waals surface area contributed by atoms with Crippen LogP contribution in [0.5, 0.6) is 0 Å². The van der Waals surface area contributed by atoms with Crippen LogP contribution in [0, 0.1) is 25.2 Å². The van der Waals surface area contributed by atoms with Crippen LogP contribution in [0.3, 0.4) is 0 Å². The highest BCUT2D eigenvalue weighted by Gasteiger charge is 2.27. The van der Waals surface area contributed by atoms with Crippen LogP contribution in [0.2, 0.25) is 5.02 Å². The van der Waals surface area contributed by atoms with Crippen LogP contribution in [0.15, 0.2) is 54.6 Å². The molecule has 1 amide bonds. The van der Waals surface area contributed by atoms with Gasteiger partial charge in [0, 0.05) is 56.0 Å². The lowest BCUT2D eigenvalue weighted by molar-refractivity contribution is 0.0740. The Morgan fingerprint density at radius 2 is 1.68 bits per heavy atom. The van der Waals surface area contributed by atoms with E-state index in [0.717, 1.165) is 59.3 Å². The maximum absolute atomic E-state index is 13.5. The van der Waals surface area contributed by atoms with Gasteiger partial charge >= 0.3 is 0 Å². The first kappa shape index (κ1) is 25.9. The van der Waals surface area contributed by atoms with Gasteiger partial charge in [0.25, 0.3) is 5.91 Å². The van der Waals surface area contributed by atoms with Gasteiger partial charge in [-0.15, -0.1) is 0 Å². The molecule has 0 bridgehead atoms. The van der Waals surface area contributed by atoms with Gasteiger partial charge in [-0.25, -0.2) is 4.98 Å². The molecule has 0 aliphatic carbocycles. The Balaban J connectivity index is 1.22. The van der Waals surface area contributed by atoms with Crippen molar-refractivity contribution in [1.82, 2.24) is 9.88 Å². The molecular formula is C30H33ClN6O. The summed E-state index contributed by atoms with van der Waals surface area (Å²) in [6.07, 6.45) is 1.97. The van der Waals surface area contributed by atoms with Gasteiger partial charge in [0.05, 0.1) is 11.3 Å². The lowest BCUT2D eigenvalue weighted by Gasteiger charge is -2.36. The lowest BCUT2D eigenvalue weighted by atomic mass is 10.0. The monoisotopic (exact) mass is 528 g/mol. The van der Waals surface area contributed by atoms with Crippen molar-refractivity contribution in [1.29, 1.82) is 5.26 Å². The first-order valence-corrected chi connectivity index (χ1v) is 13.6. The number of piperazine rings is 1. The van der Waals surface area contributed by atoms with Gasteiger partial charge in [0.15, 0.2) is 0 Å². The predicted molar refractivity (Wildman–Crippen MR) is 153 cm³/mol. The van der Waals surface area contributed by atoms with E-state index in [-0.39, 0.29) is 5.91 Å². The molecule has 38 heavy (non-hydrogen) atoms. The standard InChI is InChI=1S/C30H33ClN6O/c1-21-18-22(2)29(33-25-10-12-35(13-11-25)26-8-5-7-24(31)19-26)34-28(21)30(38)37-16-14-36(15-17-37)27-9-4-3-6-23(27)20-32/h3-9,18-19,25H,10-17H2,1-2H3,(H,33,34). The molecule has 2 fully saturated rings. The minimum absolute atomic E-state index is 0.0328. The van der Waals surface area contributed by atoms with Crippen molar-refractivity contribution >= 4 is 34.7 Å². The van der Waals surface area contributed by atoms with E-state index in [1.165, 1.54) is 0 Å². The van der Waals surface area contributed by atoms with Gasteiger partial charge in [-0.3, -0.25) is 4.79 Å². The molecule has 0 atom stereocenters. The second-order valence-electron chi connectivity index (χ2n) is 10.1. The van der Waals surface area contributed by atoms with Crippen molar-refractivity contribution in [2.24, 2.45) is 0 Å². The summed E-state index contributed by atoms with van der Waals surface area (Å²) < 4.78 is 0. The fraction of sp³-hybridized carbons (Fsp3) is 0.367. The Labute approximate surface area is 229 Å². The number of amides is 1. The van der Waals surface area contributed by atoms with Gasteiger partial charge in [0.1, 0.15) is 17.6 Å².